The summed E-state index contributed by atoms with van der Waals surface area (Å²) in [5.41, 5.74) is 16.9. The van der Waals surface area contributed by atoms with Gasteiger partial charge in [0, 0.05) is 41.2 Å². The number of primary amides is 1. The van der Waals surface area contributed by atoms with Crippen molar-refractivity contribution < 1.29 is 27.6 Å². The zero-order chi connectivity index (χ0) is 40.8. The van der Waals surface area contributed by atoms with E-state index in [9.17, 15) is 18.0 Å². The molecule has 4 aromatic rings. The quantitative estimate of drug-likeness (QED) is 0.162. The zero-order valence-corrected chi connectivity index (χ0v) is 35.1. The Morgan fingerprint density at radius 3 is 2.46 bits per heavy atom. The lowest BCUT2D eigenvalue weighted by molar-refractivity contribution is -0.163. The minimum Gasteiger partial charge on any atom is -0.370 e. The van der Waals surface area contributed by atoms with Crippen LogP contribution in [-0.2, 0) is 43.5 Å². The number of hydrogen-bond donors (Lipinski definition) is 2. The summed E-state index contributed by atoms with van der Waals surface area (Å²) >= 11 is 1.83. The van der Waals surface area contributed by atoms with Gasteiger partial charge in [-0.25, -0.2) is 18.0 Å². The van der Waals surface area contributed by atoms with Crippen molar-refractivity contribution in [2.24, 2.45) is 11.7 Å². The van der Waals surface area contributed by atoms with E-state index in [-0.39, 0.29) is 12.5 Å². The van der Waals surface area contributed by atoms with Gasteiger partial charge in [-0.2, -0.15) is 5.06 Å². The lowest BCUT2D eigenvalue weighted by Gasteiger charge is -2.30. The van der Waals surface area contributed by atoms with Crippen LogP contribution in [0.2, 0.25) is 0 Å². The van der Waals surface area contributed by atoms with Gasteiger partial charge in [-0.15, -0.1) is 11.3 Å². The number of sulfone groups is 1. The first kappa shape index (κ1) is 40.9. The average molecular weight is 832 g/mol. The van der Waals surface area contributed by atoms with Crippen molar-refractivity contribution in [3.63, 3.8) is 0 Å². The predicted molar refractivity (Wildman–Crippen MR) is 237 cm³/mol. The third kappa shape index (κ3) is 9.81. The topological polar surface area (TPSA) is 128 Å². The summed E-state index contributed by atoms with van der Waals surface area (Å²) in [7, 11) is -3.29. The van der Waals surface area contributed by atoms with Gasteiger partial charge >= 0.3 is 6.03 Å². The van der Waals surface area contributed by atoms with Crippen LogP contribution in [-0.4, -0.2) is 45.0 Å². The van der Waals surface area contributed by atoms with Crippen molar-refractivity contribution in [1.29, 1.82) is 0 Å². The molecule has 3 N–H and O–H groups in total. The van der Waals surface area contributed by atoms with Gasteiger partial charge in [-0.05, 0) is 126 Å². The number of hydrogen-bond acceptors (Lipinski definition) is 7. The van der Waals surface area contributed by atoms with E-state index in [1.165, 1.54) is 92.5 Å². The molecule has 11 heteroatoms. The van der Waals surface area contributed by atoms with E-state index in [1.807, 2.05) is 23.5 Å². The van der Waals surface area contributed by atoms with E-state index in [0.29, 0.717) is 19.1 Å². The Kier molecular flexibility index (Phi) is 12.9. The molecule has 3 amide bonds. The van der Waals surface area contributed by atoms with Crippen molar-refractivity contribution in [3.8, 4) is 21.6 Å². The number of nitrogens with one attached hydrogen (secondary N) is 1. The molecule has 1 aromatic heterocycles. The Morgan fingerprint density at radius 1 is 0.831 bits per heavy atom. The first-order chi connectivity index (χ1) is 28.7. The molecule has 1 saturated heterocycles. The number of anilines is 1. The number of urea groups is 1. The number of carbonyl (C=O) groups excluding carboxylic acids is 2. The number of nitrogens with two attached hydrogens (primary N) is 1. The molecule has 308 valence electrons. The van der Waals surface area contributed by atoms with Crippen molar-refractivity contribution in [2.75, 3.05) is 18.2 Å². The van der Waals surface area contributed by atoms with Gasteiger partial charge < -0.3 is 15.8 Å². The molecule has 2 aliphatic heterocycles. The van der Waals surface area contributed by atoms with Crippen LogP contribution >= 0.6 is 11.3 Å². The number of hydroxylamine groups is 1. The molecule has 0 radical (unpaired) electrons. The molecule has 1 saturated carbocycles. The third-order valence-electron chi connectivity index (χ3n) is 12.0. The first-order valence-corrected chi connectivity index (χ1v) is 23.5. The van der Waals surface area contributed by atoms with Gasteiger partial charge in [0.2, 0.25) is 5.91 Å². The Balaban J connectivity index is 0.000000349. The van der Waals surface area contributed by atoms with Crippen LogP contribution in [0.3, 0.4) is 0 Å². The fraction of sp³-hybridized carbons (Fsp3) is 0.375. The van der Waals surface area contributed by atoms with Gasteiger partial charge in [0.1, 0.15) is 0 Å². The van der Waals surface area contributed by atoms with E-state index >= 15 is 0 Å². The minimum absolute atomic E-state index is 0.150. The maximum Gasteiger partial charge on any atom is 0.346 e. The van der Waals surface area contributed by atoms with Crippen LogP contribution in [0.4, 0.5) is 10.5 Å². The van der Waals surface area contributed by atoms with Crippen molar-refractivity contribution >= 4 is 50.4 Å². The largest absolute Gasteiger partial charge is 0.370 e. The molecule has 59 heavy (non-hydrogen) atoms. The number of thiophene rings is 1. The molecule has 0 bridgehead atoms. The number of benzene rings is 3. The van der Waals surface area contributed by atoms with Crippen molar-refractivity contribution in [1.82, 2.24) is 5.32 Å². The monoisotopic (exact) mass is 831 g/mol. The second kappa shape index (κ2) is 18.6. The third-order valence-corrected chi connectivity index (χ3v) is 14.9. The van der Waals surface area contributed by atoms with E-state index in [0.717, 1.165) is 61.6 Å². The van der Waals surface area contributed by atoms with Gasteiger partial charge in [0.25, 0.3) is 0 Å². The molecule has 9 rings (SSSR count). The van der Waals surface area contributed by atoms with Crippen LogP contribution in [0.5, 0.6) is 0 Å². The maximum atomic E-state index is 13.6. The van der Waals surface area contributed by atoms with Crippen LogP contribution in [0, 0.1) is 5.92 Å². The fourth-order valence-electron chi connectivity index (χ4n) is 8.87. The Hall–Kier alpha value is -4.81. The summed E-state index contributed by atoms with van der Waals surface area (Å²) in [5, 5.41) is 4.93. The molecule has 5 aliphatic rings. The fourth-order valence-corrected chi connectivity index (χ4v) is 11.1. The smallest absolute Gasteiger partial charge is 0.346 e. The van der Waals surface area contributed by atoms with Crippen LogP contribution in [0.15, 0.2) is 96.4 Å². The average Bonchev–Trinajstić information content (AvgIpc) is 3.77. The Bertz CT molecular complexity index is 2370. The van der Waals surface area contributed by atoms with Gasteiger partial charge in [-0.3, -0.25) is 4.79 Å². The van der Waals surface area contributed by atoms with Crippen LogP contribution < -0.4 is 16.1 Å². The number of amides is 3. The Morgan fingerprint density at radius 2 is 1.64 bits per heavy atom. The summed E-state index contributed by atoms with van der Waals surface area (Å²) in [5.74, 6) is -0.0666. The van der Waals surface area contributed by atoms with Gasteiger partial charge in [0.05, 0.1) is 10.9 Å². The zero-order valence-electron chi connectivity index (χ0n) is 33.4. The molecule has 2 fully saturated rings. The number of aryl methyl sites for hydroxylation is 1. The van der Waals surface area contributed by atoms with E-state index < -0.39 is 27.3 Å². The SMILES string of the molecule is NC(=O)CC1C=CC=CS1(=O)=O.O=C(NCC1CCCCC1)N(OC1CCCCO1)c1cccc(-c2ccc(C3=Cc4ccc5c(c4CC3)CCc3ccccc3-5)s2)c1. The standard InChI is InChI=1S/C41H44N2O3S.C7H9NO3S/c44-41(42-27-28-9-2-1-3-10-28)43(46-40-15-6-7-24-45-40)33-13-8-12-31(26-33)38-22-23-39(47-38)32-18-19-35-30(25-32)17-21-36-34-14-5-4-11-29(34)16-20-37(35)36;8-7(9)5-6-3-1-2-4-12(6,10)11/h4-5,8,11-14,17,21-23,25-26,28,40H,1-3,6-7,9-10,15-16,18-20,24,27H2,(H,42,44);1-4,6H,5H2,(H2,8,9). The second-order valence-electron chi connectivity index (χ2n) is 16.1. The minimum atomic E-state index is -3.29. The molecule has 0 spiro atoms. The van der Waals surface area contributed by atoms with Crippen molar-refractivity contribution in [3.05, 3.63) is 124 Å². The molecular formula is C48H53N3O6S2. The summed E-state index contributed by atoms with van der Waals surface area (Å²) in [6.45, 7) is 1.35. The molecular weight excluding hydrogens is 779 g/mol. The number of carbonyl (C=O) groups is 2. The lowest BCUT2D eigenvalue weighted by Crippen LogP contribution is -2.45. The summed E-state index contributed by atoms with van der Waals surface area (Å²) < 4.78 is 28.2. The number of allylic oxidation sites excluding steroid dienone is 3. The summed E-state index contributed by atoms with van der Waals surface area (Å²) in [6.07, 6.45) is 19.7. The van der Waals surface area contributed by atoms with Gasteiger partial charge in [0.15, 0.2) is 16.1 Å². The van der Waals surface area contributed by atoms with Crippen LogP contribution in [0.25, 0.3) is 33.2 Å². The molecule has 3 aliphatic carbocycles. The molecule has 3 aromatic carbocycles. The van der Waals surface area contributed by atoms with Gasteiger partial charge in [-0.1, -0.05) is 92.1 Å². The molecule has 9 nitrogen and oxygen atoms in total. The Labute approximate surface area is 351 Å². The highest BCUT2D eigenvalue weighted by Crippen LogP contribution is 2.43. The highest BCUT2D eigenvalue weighted by atomic mass is 32.2. The first-order valence-electron chi connectivity index (χ1n) is 21.1. The molecule has 3 heterocycles. The summed E-state index contributed by atoms with van der Waals surface area (Å²) in [6, 6.07) is 26.0. The highest BCUT2D eigenvalue weighted by molar-refractivity contribution is 7.95. The summed E-state index contributed by atoms with van der Waals surface area (Å²) in [4.78, 5) is 32.8. The molecule has 2 atom stereocenters. The van der Waals surface area contributed by atoms with Crippen LogP contribution in [0.1, 0.15) is 91.3 Å². The highest BCUT2D eigenvalue weighted by Gasteiger charge is 2.27. The maximum absolute atomic E-state index is 13.6. The number of fused-ring (bicyclic) bond motifs is 5. The molecule has 2 unspecified atom stereocenters. The second-order valence-corrected chi connectivity index (χ2v) is 19.2. The van der Waals surface area contributed by atoms with E-state index in [1.54, 1.807) is 11.6 Å². The lowest BCUT2D eigenvalue weighted by atomic mass is 9.78. The number of nitrogens with zero attached hydrogens (tertiary/aromatic N) is 1. The number of ether oxygens (including phenoxy) is 1. The number of rotatable bonds is 9. The van der Waals surface area contributed by atoms with E-state index in [4.69, 9.17) is 15.3 Å². The normalized spacial score (nSPS) is 20.5. The predicted octanol–water partition coefficient (Wildman–Crippen LogP) is 9.95. The van der Waals surface area contributed by atoms with E-state index in [2.05, 4.69) is 72.1 Å². The van der Waals surface area contributed by atoms with Crippen molar-refractivity contribution in [2.45, 2.75) is 95.0 Å².